The summed E-state index contributed by atoms with van der Waals surface area (Å²) in [6, 6.07) is 12.4. The third-order valence-corrected chi connectivity index (χ3v) is 5.92. The third-order valence-electron chi connectivity index (χ3n) is 5.92. The predicted octanol–water partition coefficient (Wildman–Crippen LogP) is 5.39. The zero-order valence-corrected chi connectivity index (χ0v) is 17.9. The Morgan fingerprint density at radius 1 is 1.00 bits per heavy atom. The Labute approximate surface area is 176 Å². The van der Waals surface area contributed by atoms with Gasteiger partial charge in [-0.1, -0.05) is 45.9 Å². The van der Waals surface area contributed by atoms with Crippen molar-refractivity contribution in [2.45, 2.75) is 64.2 Å². The number of aryl methyl sites for hydroxylation is 1. The van der Waals surface area contributed by atoms with E-state index in [0.29, 0.717) is 11.1 Å². The average Bonchev–Trinajstić information content (AvgIpc) is 2.71. The molecule has 0 unspecified atom stereocenters. The van der Waals surface area contributed by atoms with Crippen molar-refractivity contribution in [3.8, 4) is 0 Å². The number of nitrogens with one attached hydrogen (secondary N) is 1. The topological polar surface area (TPSA) is 55.4 Å². The first-order valence-electron chi connectivity index (χ1n) is 11.0. The van der Waals surface area contributed by atoms with Crippen LogP contribution in [0.3, 0.4) is 0 Å². The molecule has 0 spiro atoms. The Kier molecular flexibility index (Phi) is 5.09. The predicted molar refractivity (Wildman–Crippen MR) is 116 cm³/mol. The van der Waals surface area contributed by atoms with Gasteiger partial charge < -0.3 is 10.1 Å². The van der Waals surface area contributed by atoms with E-state index in [2.05, 4.69) is 49.9 Å². The maximum atomic E-state index is 12.8. The maximum absolute atomic E-state index is 12.8. The van der Waals surface area contributed by atoms with E-state index in [9.17, 15) is 9.59 Å². The highest BCUT2D eigenvalue weighted by molar-refractivity contribution is 6.04. The number of amides is 1. The molecule has 0 fully saturated rings. The first-order chi connectivity index (χ1) is 14.4. The van der Waals surface area contributed by atoms with Crippen LogP contribution in [0, 0.1) is 0 Å². The Bertz CT molecular complexity index is 994. The lowest BCUT2D eigenvalue weighted by Gasteiger charge is -2.42. The van der Waals surface area contributed by atoms with E-state index in [1.54, 1.807) is 12.1 Å². The van der Waals surface area contributed by atoms with Crippen LogP contribution in [0.15, 0.2) is 42.5 Å². The molecule has 0 atom stereocenters. The molecule has 154 valence electrons. The van der Waals surface area contributed by atoms with Crippen molar-refractivity contribution >= 4 is 17.6 Å². The molecular weight excluding hydrogens is 362 g/mol. The molecule has 1 aliphatic carbocycles. The molecule has 0 heterocycles. The van der Waals surface area contributed by atoms with Crippen LogP contribution >= 0.6 is 0 Å². The van der Waals surface area contributed by atoms with Gasteiger partial charge in [-0.3, -0.25) is 9.59 Å². The van der Waals surface area contributed by atoms with Crippen LogP contribution in [0.5, 0.6) is 0 Å². The quantitative estimate of drug-likeness (QED) is 0.690. The van der Waals surface area contributed by atoms with Gasteiger partial charge in [0.2, 0.25) is 0 Å². The van der Waals surface area contributed by atoms with Gasteiger partial charge in [0, 0.05) is 20.4 Å². The molecule has 4 heteroatoms. The van der Waals surface area contributed by atoms with E-state index < -0.39 is 12.3 Å². The standard InChI is InChI=1S/C25H31NO3/c1-24(2)14-15-25(3,4)21-16-19(11-12-20(21)24)26-23(28)18-9-6-17(7-10-18)8-13-22(27)29-5/h6-7,9-12,16H,8,13-15H2,1-5H3,(H,26,28)/i8D2. The van der Waals surface area contributed by atoms with Crippen LogP contribution in [0.1, 0.15) is 76.7 Å². The number of esters is 1. The molecule has 0 saturated carbocycles. The van der Waals surface area contributed by atoms with E-state index >= 15 is 0 Å². The lowest BCUT2D eigenvalue weighted by atomic mass is 9.63. The molecule has 29 heavy (non-hydrogen) atoms. The number of hydrogen-bond donors (Lipinski definition) is 1. The number of methoxy groups -OCH3 is 1. The van der Waals surface area contributed by atoms with Crippen molar-refractivity contribution in [2.24, 2.45) is 0 Å². The first-order valence-corrected chi connectivity index (χ1v) is 9.99. The van der Waals surface area contributed by atoms with Crippen LogP contribution < -0.4 is 5.32 Å². The molecule has 2 aromatic rings. The maximum Gasteiger partial charge on any atom is 0.305 e. The first kappa shape index (κ1) is 18.4. The minimum Gasteiger partial charge on any atom is -0.469 e. The van der Waals surface area contributed by atoms with E-state index in [0.717, 1.165) is 18.5 Å². The van der Waals surface area contributed by atoms with E-state index in [-0.39, 0.29) is 23.2 Å². The highest BCUT2D eigenvalue weighted by Gasteiger charge is 2.37. The van der Waals surface area contributed by atoms with Crippen LogP contribution in [-0.2, 0) is 26.7 Å². The third kappa shape index (κ3) is 4.69. The van der Waals surface area contributed by atoms with Crippen LogP contribution in [-0.4, -0.2) is 19.0 Å². The Hall–Kier alpha value is -2.62. The lowest BCUT2D eigenvalue weighted by Crippen LogP contribution is -2.33. The number of hydrogen-bond acceptors (Lipinski definition) is 3. The van der Waals surface area contributed by atoms with Crippen molar-refractivity contribution in [1.82, 2.24) is 0 Å². The minimum absolute atomic E-state index is 0.0540. The molecule has 2 aromatic carbocycles. The summed E-state index contributed by atoms with van der Waals surface area (Å²) in [6.45, 7) is 9.01. The molecule has 0 saturated heterocycles. The Morgan fingerprint density at radius 2 is 1.62 bits per heavy atom. The number of fused-ring (bicyclic) bond motifs is 1. The zero-order valence-electron chi connectivity index (χ0n) is 19.9. The molecule has 0 aliphatic heterocycles. The van der Waals surface area contributed by atoms with E-state index in [4.69, 9.17) is 2.74 Å². The fourth-order valence-electron chi connectivity index (χ4n) is 3.86. The van der Waals surface area contributed by atoms with Crippen molar-refractivity contribution in [2.75, 3.05) is 12.4 Å². The molecule has 0 bridgehead atoms. The molecule has 0 aromatic heterocycles. The molecular formula is C25H31NO3. The summed E-state index contributed by atoms with van der Waals surface area (Å²) in [5.41, 5.74) is 4.28. The van der Waals surface area contributed by atoms with Gasteiger partial charge in [0.05, 0.1) is 7.11 Å². The summed E-state index contributed by atoms with van der Waals surface area (Å²) < 4.78 is 20.7. The van der Waals surface area contributed by atoms with Crippen molar-refractivity contribution in [3.63, 3.8) is 0 Å². The minimum atomic E-state index is -1.86. The molecule has 1 amide bonds. The van der Waals surface area contributed by atoms with Gasteiger partial charge in [-0.25, -0.2) is 0 Å². The van der Waals surface area contributed by atoms with Gasteiger partial charge in [0.1, 0.15) is 0 Å². The van der Waals surface area contributed by atoms with E-state index in [1.165, 1.54) is 30.4 Å². The lowest BCUT2D eigenvalue weighted by molar-refractivity contribution is -0.140. The van der Waals surface area contributed by atoms with Crippen LogP contribution in [0.25, 0.3) is 0 Å². The SMILES string of the molecule is [2H]C([2H])(CC(=O)OC)c1ccc(C(=O)Nc2ccc3c(c2)C(C)(C)CCC3(C)C)cc1. The summed E-state index contributed by atoms with van der Waals surface area (Å²) in [5.74, 6) is -0.877. The van der Waals surface area contributed by atoms with Crippen molar-refractivity contribution in [1.29, 1.82) is 0 Å². The monoisotopic (exact) mass is 395 g/mol. The fraction of sp³-hybridized carbons (Fsp3) is 0.440. The number of anilines is 1. The summed E-state index contributed by atoms with van der Waals surface area (Å²) in [5, 5.41) is 2.97. The van der Waals surface area contributed by atoms with Gasteiger partial charge in [-0.15, -0.1) is 0 Å². The number of ether oxygens (including phenoxy) is 1. The van der Waals surface area contributed by atoms with Gasteiger partial charge in [0.15, 0.2) is 0 Å². The fourth-order valence-corrected chi connectivity index (χ4v) is 3.86. The van der Waals surface area contributed by atoms with Crippen molar-refractivity contribution in [3.05, 3.63) is 64.7 Å². The summed E-state index contributed by atoms with van der Waals surface area (Å²) in [4.78, 5) is 24.2. The van der Waals surface area contributed by atoms with Gasteiger partial charge in [-0.2, -0.15) is 0 Å². The summed E-state index contributed by atoms with van der Waals surface area (Å²) in [6.07, 6.45) is -0.0107. The number of rotatable bonds is 5. The second kappa shape index (κ2) is 8.02. The molecule has 1 N–H and O–H groups in total. The molecule has 4 nitrogen and oxygen atoms in total. The number of carbonyl (C=O) groups is 2. The highest BCUT2D eigenvalue weighted by Crippen LogP contribution is 2.46. The average molecular weight is 396 g/mol. The number of carbonyl (C=O) groups excluding carboxylic acids is 2. The molecule has 1 aliphatic rings. The van der Waals surface area contributed by atoms with Gasteiger partial charge in [-0.05, 0) is 71.0 Å². The molecule has 3 rings (SSSR count). The van der Waals surface area contributed by atoms with Crippen molar-refractivity contribution < 1.29 is 17.1 Å². The van der Waals surface area contributed by atoms with Gasteiger partial charge >= 0.3 is 5.97 Å². The second-order valence-corrected chi connectivity index (χ2v) is 8.99. The molecule has 0 radical (unpaired) electrons. The second-order valence-electron chi connectivity index (χ2n) is 8.99. The Balaban J connectivity index is 1.79. The number of benzene rings is 2. The highest BCUT2D eigenvalue weighted by atomic mass is 16.5. The van der Waals surface area contributed by atoms with Crippen LogP contribution in [0.2, 0.25) is 0 Å². The largest absolute Gasteiger partial charge is 0.469 e. The zero-order chi connectivity index (χ0) is 23.0. The summed E-state index contributed by atoms with van der Waals surface area (Å²) in [7, 11) is 1.23. The van der Waals surface area contributed by atoms with E-state index in [1.807, 2.05) is 6.07 Å². The normalized spacial score (nSPS) is 18.1. The van der Waals surface area contributed by atoms with Crippen LogP contribution in [0.4, 0.5) is 5.69 Å². The van der Waals surface area contributed by atoms with Gasteiger partial charge in [0.25, 0.3) is 5.91 Å². The summed E-state index contributed by atoms with van der Waals surface area (Å²) >= 11 is 0. The smallest absolute Gasteiger partial charge is 0.305 e. The Morgan fingerprint density at radius 3 is 2.24 bits per heavy atom.